The third-order valence-corrected chi connectivity index (χ3v) is 3.81. The van der Waals surface area contributed by atoms with Crippen LogP contribution in [0.25, 0.3) is 0 Å². The van der Waals surface area contributed by atoms with Crippen LogP contribution in [0.5, 0.6) is 0 Å². The minimum atomic E-state index is -0.190. The van der Waals surface area contributed by atoms with E-state index >= 15 is 0 Å². The van der Waals surface area contributed by atoms with E-state index in [0.29, 0.717) is 16.9 Å². The lowest BCUT2D eigenvalue weighted by molar-refractivity contribution is 0.102. The monoisotopic (exact) mass is 382 g/mol. The van der Waals surface area contributed by atoms with Crippen LogP contribution in [0.3, 0.4) is 0 Å². The van der Waals surface area contributed by atoms with Crippen molar-refractivity contribution in [2.24, 2.45) is 0 Å². The molecular formula is C14H12Br2N2O. The average molecular weight is 384 g/mol. The number of anilines is 2. The van der Waals surface area contributed by atoms with Crippen molar-refractivity contribution < 1.29 is 4.79 Å². The smallest absolute Gasteiger partial charge is 0.256 e. The number of halogens is 2. The van der Waals surface area contributed by atoms with Crippen molar-refractivity contribution in [1.29, 1.82) is 0 Å². The molecule has 0 spiro atoms. The van der Waals surface area contributed by atoms with Crippen LogP contribution in [0.15, 0.2) is 45.3 Å². The molecule has 0 aromatic heterocycles. The first-order valence-electron chi connectivity index (χ1n) is 5.60. The Kier molecular flexibility index (Phi) is 4.27. The van der Waals surface area contributed by atoms with Crippen LogP contribution in [0, 0.1) is 6.92 Å². The van der Waals surface area contributed by atoms with E-state index in [2.05, 4.69) is 37.2 Å². The van der Waals surface area contributed by atoms with Gasteiger partial charge in [0.25, 0.3) is 5.91 Å². The standard InChI is InChI=1S/C14H12Br2N2O/c1-8-2-4-11(16)10(6-8)14(19)18-13-5-3-9(15)7-12(13)17/h2-7H,17H2,1H3,(H,18,19). The van der Waals surface area contributed by atoms with Crippen LogP contribution in [-0.2, 0) is 0 Å². The third kappa shape index (κ3) is 3.36. The summed E-state index contributed by atoms with van der Waals surface area (Å²) in [5.74, 6) is -0.190. The minimum Gasteiger partial charge on any atom is -0.397 e. The fraction of sp³-hybridized carbons (Fsp3) is 0.0714. The predicted octanol–water partition coefficient (Wildman–Crippen LogP) is 4.35. The summed E-state index contributed by atoms with van der Waals surface area (Å²) in [6.07, 6.45) is 0. The number of carbonyl (C=O) groups excluding carboxylic acids is 1. The Morgan fingerprint density at radius 1 is 1.16 bits per heavy atom. The van der Waals surface area contributed by atoms with Gasteiger partial charge in [-0.2, -0.15) is 0 Å². The molecule has 0 atom stereocenters. The van der Waals surface area contributed by atoms with E-state index in [-0.39, 0.29) is 5.91 Å². The molecule has 0 heterocycles. The molecule has 0 bridgehead atoms. The zero-order valence-electron chi connectivity index (χ0n) is 10.2. The second-order valence-electron chi connectivity index (χ2n) is 4.17. The summed E-state index contributed by atoms with van der Waals surface area (Å²) in [5.41, 5.74) is 8.59. The maximum Gasteiger partial charge on any atom is 0.256 e. The molecule has 0 fully saturated rings. The quantitative estimate of drug-likeness (QED) is 0.757. The summed E-state index contributed by atoms with van der Waals surface area (Å²) >= 11 is 6.70. The molecule has 0 radical (unpaired) electrons. The predicted molar refractivity (Wildman–Crippen MR) is 85.4 cm³/mol. The Labute approximate surface area is 128 Å². The summed E-state index contributed by atoms with van der Waals surface area (Å²) in [6.45, 7) is 1.94. The molecule has 2 rings (SSSR count). The number of amides is 1. The third-order valence-electron chi connectivity index (χ3n) is 2.63. The average Bonchev–Trinajstić information content (AvgIpc) is 2.35. The highest BCUT2D eigenvalue weighted by molar-refractivity contribution is 9.10. The first kappa shape index (κ1) is 14.1. The Bertz CT molecular complexity index is 641. The van der Waals surface area contributed by atoms with Gasteiger partial charge in [-0.3, -0.25) is 4.79 Å². The Balaban J connectivity index is 2.28. The number of nitrogens with two attached hydrogens (primary N) is 1. The summed E-state index contributed by atoms with van der Waals surface area (Å²) < 4.78 is 1.63. The van der Waals surface area contributed by atoms with E-state index in [9.17, 15) is 4.79 Å². The SMILES string of the molecule is Cc1ccc(Br)c(C(=O)Nc2ccc(Br)cc2N)c1. The van der Waals surface area contributed by atoms with Crippen LogP contribution in [0.4, 0.5) is 11.4 Å². The zero-order valence-corrected chi connectivity index (χ0v) is 13.4. The zero-order chi connectivity index (χ0) is 14.0. The van der Waals surface area contributed by atoms with Crippen molar-refractivity contribution in [3.63, 3.8) is 0 Å². The number of rotatable bonds is 2. The summed E-state index contributed by atoms with van der Waals surface area (Å²) in [4.78, 5) is 12.2. The lowest BCUT2D eigenvalue weighted by atomic mass is 10.1. The minimum absolute atomic E-state index is 0.190. The fourth-order valence-electron chi connectivity index (χ4n) is 1.65. The second kappa shape index (κ2) is 5.75. The van der Waals surface area contributed by atoms with Crippen LogP contribution < -0.4 is 11.1 Å². The van der Waals surface area contributed by atoms with Crippen LogP contribution >= 0.6 is 31.9 Å². The van der Waals surface area contributed by atoms with Crippen LogP contribution in [-0.4, -0.2) is 5.91 Å². The summed E-state index contributed by atoms with van der Waals surface area (Å²) in [7, 11) is 0. The lowest BCUT2D eigenvalue weighted by Gasteiger charge is -2.10. The van der Waals surface area contributed by atoms with E-state index in [4.69, 9.17) is 5.73 Å². The van der Waals surface area contributed by atoms with Crippen molar-refractivity contribution in [3.05, 3.63) is 56.5 Å². The van der Waals surface area contributed by atoms with Gasteiger partial charge in [-0.05, 0) is 53.2 Å². The highest BCUT2D eigenvalue weighted by atomic mass is 79.9. The van der Waals surface area contributed by atoms with Gasteiger partial charge in [0, 0.05) is 8.95 Å². The van der Waals surface area contributed by atoms with Gasteiger partial charge in [-0.15, -0.1) is 0 Å². The first-order chi connectivity index (χ1) is 8.97. The van der Waals surface area contributed by atoms with Gasteiger partial charge in [0.1, 0.15) is 0 Å². The van der Waals surface area contributed by atoms with Crippen molar-refractivity contribution in [2.75, 3.05) is 11.1 Å². The largest absolute Gasteiger partial charge is 0.397 e. The maximum atomic E-state index is 12.2. The number of hydrogen-bond donors (Lipinski definition) is 2. The molecule has 0 aliphatic rings. The number of nitrogen functional groups attached to an aromatic ring is 1. The molecule has 5 heteroatoms. The normalized spacial score (nSPS) is 10.3. The number of nitrogens with one attached hydrogen (secondary N) is 1. The van der Waals surface area contributed by atoms with Gasteiger partial charge in [-0.25, -0.2) is 0 Å². The first-order valence-corrected chi connectivity index (χ1v) is 7.18. The van der Waals surface area contributed by atoms with Gasteiger partial charge >= 0.3 is 0 Å². The van der Waals surface area contributed by atoms with E-state index in [1.165, 1.54) is 0 Å². The van der Waals surface area contributed by atoms with Crippen molar-refractivity contribution in [1.82, 2.24) is 0 Å². The molecular weight excluding hydrogens is 372 g/mol. The van der Waals surface area contributed by atoms with Crippen molar-refractivity contribution >= 4 is 49.1 Å². The van der Waals surface area contributed by atoms with E-state index in [1.54, 1.807) is 12.1 Å². The number of hydrogen-bond acceptors (Lipinski definition) is 2. The molecule has 0 saturated carbocycles. The van der Waals surface area contributed by atoms with Gasteiger partial charge in [-0.1, -0.05) is 27.6 Å². The number of benzene rings is 2. The molecule has 0 unspecified atom stereocenters. The molecule has 98 valence electrons. The van der Waals surface area contributed by atoms with Gasteiger partial charge in [0.2, 0.25) is 0 Å². The number of carbonyl (C=O) groups is 1. The topological polar surface area (TPSA) is 55.1 Å². The molecule has 19 heavy (non-hydrogen) atoms. The molecule has 0 saturated heterocycles. The lowest BCUT2D eigenvalue weighted by Crippen LogP contribution is -2.14. The fourth-order valence-corrected chi connectivity index (χ4v) is 2.46. The van der Waals surface area contributed by atoms with Gasteiger partial charge in [0.15, 0.2) is 0 Å². The molecule has 2 aromatic rings. The highest BCUT2D eigenvalue weighted by Gasteiger charge is 2.11. The molecule has 2 aromatic carbocycles. The molecule has 0 aliphatic carbocycles. The van der Waals surface area contributed by atoms with E-state index in [0.717, 1.165) is 14.5 Å². The number of aryl methyl sites for hydroxylation is 1. The Morgan fingerprint density at radius 2 is 1.89 bits per heavy atom. The molecule has 0 aliphatic heterocycles. The summed E-state index contributed by atoms with van der Waals surface area (Å²) in [6, 6.07) is 11.0. The Morgan fingerprint density at radius 3 is 2.58 bits per heavy atom. The van der Waals surface area contributed by atoms with Gasteiger partial charge in [0.05, 0.1) is 16.9 Å². The van der Waals surface area contributed by atoms with Crippen LogP contribution in [0.1, 0.15) is 15.9 Å². The van der Waals surface area contributed by atoms with Crippen LogP contribution in [0.2, 0.25) is 0 Å². The highest BCUT2D eigenvalue weighted by Crippen LogP contribution is 2.25. The van der Waals surface area contributed by atoms with E-state index < -0.39 is 0 Å². The maximum absolute atomic E-state index is 12.2. The Hall–Kier alpha value is -1.33. The van der Waals surface area contributed by atoms with Gasteiger partial charge < -0.3 is 11.1 Å². The molecule has 1 amide bonds. The van der Waals surface area contributed by atoms with Crippen molar-refractivity contribution in [3.8, 4) is 0 Å². The second-order valence-corrected chi connectivity index (χ2v) is 5.94. The molecule has 3 N–H and O–H groups in total. The molecule has 3 nitrogen and oxygen atoms in total. The summed E-state index contributed by atoms with van der Waals surface area (Å²) in [5, 5.41) is 2.81. The van der Waals surface area contributed by atoms with Crippen molar-refractivity contribution in [2.45, 2.75) is 6.92 Å². The van der Waals surface area contributed by atoms with E-state index in [1.807, 2.05) is 31.2 Å².